The summed E-state index contributed by atoms with van der Waals surface area (Å²) in [6.45, 7) is 7.12. The summed E-state index contributed by atoms with van der Waals surface area (Å²) >= 11 is 0. The van der Waals surface area contributed by atoms with Gasteiger partial charge >= 0.3 is 5.97 Å². The number of ether oxygens (including phenoxy) is 3. The molecule has 0 amide bonds. The van der Waals surface area contributed by atoms with Gasteiger partial charge in [-0.1, -0.05) is 140 Å². The average molecular weight is 764 g/mol. The molecule has 1 aromatic rings. The van der Waals surface area contributed by atoms with Crippen LogP contribution in [-0.2, 0) is 16.0 Å². The summed E-state index contributed by atoms with van der Waals surface area (Å²) in [5, 5.41) is 0. The molecule has 314 valence electrons. The Kier molecular flexibility index (Phi) is 36.0. The van der Waals surface area contributed by atoms with Gasteiger partial charge in [-0.25, -0.2) is 0 Å². The second kappa shape index (κ2) is 39.4. The van der Waals surface area contributed by atoms with Gasteiger partial charge in [0, 0.05) is 12.6 Å². The van der Waals surface area contributed by atoms with E-state index in [9.17, 15) is 4.79 Å². The van der Waals surface area contributed by atoms with Crippen LogP contribution in [0.1, 0.15) is 186 Å². The van der Waals surface area contributed by atoms with Gasteiger partial charge in [0.2, 0.25) is 0 Å². The molecule has 0 unspecified atom stereocenters. The van der Waals surface area contributed by atoms with Crippen LogP contribution >= 0.6 is 0 Å². The Bertz CT molecular complexity index is 1050. The third-order valence-corrected chi connectivity index (χ3v) is 9.80. The fraction of sp³-hybridized carbons (Fsp3) is 0.700. The zero-order valence-electron chi connectivity index (χ0n) is 36.4. The van der Waals surface area contributed by atoms with Gasteiger partial charge in [-0.2, -0.15) is 0 Å². The lowest BCUT2D eigenvalue weighted by molar-refractivity contribution is -0.144. The molecule has 1 aromatic carbocycles. The Balaban J connectivity index is 2.33. The number of benzene rings is 1. The maximum Gasteiger partial charge on any atom is 0.307 e. The molecule has 0 aliphatic heterocycles. The second-order valence-corrected chi connectivity index (χ2v) is 15.6. The monoisotopic (exact) mass is 764 g/mol. The number of hydrogen-bond donors (Lipinski definition) is 0. The van der Waals surface area contributed by atoms with Crippen LogP contribution in [0.15, 0.2) is 66.8 Å². The third-order valence-electron chi connectivity index (χ3n) is 9.80. The van der Waals surface area contributed by atoms with E-state index in [2.05, 4.69) is 80.7 Å². The number of esters is 1. The molecule has 0 saturated heterocycles. The number of rotatable bonds is 39. The van der Waals surface area contributed by atoms with Crippen molar-refractivity contribution < 1.29 is 19.0 Å². The number of aryl methyl sites for hydroxylation is 1. The van der Waals surface area contributed by atoms with E-state index >= 15 is 0 Å². The highest BCUT2D eigenvalue weighted by molar-refractivity contribution is 5.69. The Hall–Kier alpha value is -2.79. The second-order valence-electron chi connectivity index (χ2n) is 15.6. The highest BCUT2D eigenvalue weighted by atomic mass is 16.5. The zero-order chi connectivity index (χ0) is 39.7. The normalized spacial score (nSPS) is 12.0. The molecule has 1 rings (SSSR count). The van der Waals surface area contributed by atoms with E-state index < -0.39 is 0 Å². The highest BCUT2D eigenvalue weighted by Gasteiger charge is 2.07. The van der Waals surface area contributed by atoms with Crippen LogP contribution in [0.5, 0.6) is 11.5 Å². The minimum atomic E-state index is -0.128. The molecule has 0 heterocycles. The molecular formula is C50H85NO4. The molecular weight excluding hydrogens is 679 g/mol. The van der Waals surface area contributed by atoms with Crippen molar-refractivity contribution in [1.29, 1.82) is 0 Å². The number of allylic oxidation sites excluding steroid dienone is 8. The van der Waals surface area contributed by atoms with Crippen molar-refractivity contribution in [3.63, 3.8) is 0 Å². The van der Waals surface area contributed by atoms with Crippen molar-refractivity contribution >= 4 is 5.97 Å². The molecule has 5 nitrogen and oxygen atoms in total. The maximum absolute atomic E-state index is 12.0. The van der Waals surface area contributed by atoms with E-state index in [-0.39, 0.29) is 5.97 Å². The first-order valence-corrected chi connectivity index (χ1v) is 22.8. The summed E-state index contributed by atoms with van der Waals surface area (Å²) in [4.78, 5) is 14.0. The molecule has 0 bridgehead atoms. The van der Waals surface area contributed by atoms with Crippen LogP contribution in [-0.4, -0.2) is 51.3 Å². The van der Waals surface area contributed by atoms with Crippen LogP contribution in [0.3, 0.4) is 0 Å². The summed E-state index contributed by atoms with van der Waals surface area (Å²) in [7, 11) is 3.94. The number of nitrogens with zero attached hydrogens (tertiary/aromatic N) is 1. The Morgan fingerprint density at radius 3 is 1.36 bits per heavy atom. The Morgan fingerprint density at radius 2 is 0.927 bits per heavy atom. The van der Waals surface area contributed by atoms with Gasteiger partial charge in [0.25, 0.3) is 0 Å². The first-order chi connectivity index (χ1) is 27.0. The van der Waals surface area contributed by atoms with Crippen molar-refractivity contribution in [1.82, 2.24) is 4.90 Å². The molecule has 0 aliphatic rings. The van der Waals surface area contributed by atoms with Crippen LogP contribution in [0.25, 0.3) is 0 Å². The molecule has 0 radical (unpaired) electrons. The Labute approximate surface area is 340 Å². The topological polar surface area (TPSA) is 48.0 Å². The molecule has 0 spiro atoms. The summed E-state index contributed by atoms with van der Waals surface area (Å²) in [5.74, 6) is 1.64. The molecule has 0 aromatic heterocycles. The van der Waals surface area contributed by atoms with E-state index in [0.717, 1.165) is 63.2 Å². The molecule has 0 fully saturated rings. The highest BCUT2D eigenvalue weighted by Crippen LogP contribution is 2.25. The van der Waals surface area contributed by atoms with Crippen molar-refractivity contribution in [3.05, 3.63) is 72.4 Å². The SMILES string of the molecule is CCCCCC=CCC=CCCCCCCCCOc1cc(CCCOC(=O)CCN(C)C)cc(OCCCCCCCCC=CCC=CCCCCC)c1. The standard InChI is InChI=1S/C50H85NO4/c1-5-7-9-11-13-15-17-19-21-23-25-27-29-31-33-35-41-53-48-44-47(38-37-43-55-50(52)39-40-51(3)4)45-49(46-48)54-42-36-34-32-30-28-26-24-22-20-18-16-14-12-10-8-6-2/h13-16,19-22,44-46H,5-12,17-18,23-43H2,1-4H3. The number of unbranched alkanes of at least 4 members (excludes halogenated alkanes) is 18. The van der Waals surface area contributed by atoms with E-state index in [4.69, 9.17) is 14.2 Å². The van der Waals surface area contributed by atoms with Crippen LogP contribution < -0.4 is 9.47 Å². The number of carbonyl (C=O) groups is 1. The molecule has 0 aliphatic carbocycles. The van der Waals surface area contributed by atoms with Crippen LogP contribution in [0, 0.1) is 0 Å². The molecule has 0 N–H and O–H groups in total. The predicted molar refractivity (Wildman–Crippen MR) is 239 cm³/mol. The predicted octanol–water partition coefficient (Wildman–Crippen LogP) is 14.5. The van der Waals surface area contributed by atoms with Crippen molar-refractivity contribution in [2.45, 2.75) is 187 Å². The van der Waals surface area contributed by atoms with E-state index in [0.29, 0.717) is 19.6 Å². The number of hydrogen-bond acceptors (Lipinski definition) is 5. The van der Waals surface area contributed by atoms with E-state index in [1.54, 1.807) is 0 Å². The van der Waals surface area contributed by atoms with Gasteiger partial charge in [0.15, 0.2) is 0 Å². The average Bonchev–Trinajstić information content (AvgIpc) is 3.18. The maximum atomic E-state index is 12.0. The fourth-order valence-electron chi connectivity index (χ4n) is 6.35. The quantitative estimate of drug-likeness (QED) is 0.0380. The van der Waals surface area contributed by atoms with Crippen molar-refractivity contribution in [3.8, 4) is 11.5 Å². The third kappa shape index (κ3) is 35.4. The summed E-state index contributed by atoms with van der Waals surface area (Å²) in [5.41, 5.74) is 1.17. The lowest BCUT2D eigenvalue weighted by Crippen LogP contribution is -2.18. The van der Waals surface area contributed by atoms with Crippen LogP contribution in [0.4, 0.5) is 0 Å². The summed E-state index contributed by atoms with van der Waals surface area (Å²) < 4.78 is 18.0. The molecule has 5 heteroatoms. The summed E-state index contributed by atoms with van der Waals surface area (Å²) in [6, 6.07) is 6.32. The van der Waals surface area contributed by atoms with Gasteiger partial charge in [-0.3, -0.25) is 4.79 Å². The smallest absolute Gasteiger partial charge is 0.307 e. The minimum absolute atomic E-state index is 0.128. The van der Waals surface area contributed by atoms with Gasteiger partial charge < -0.3 is 19.1 Å². The lowest BCUT2D eigenvalue weighted by atomic mass is 10.1. The van der Waals surface area contributed by atoms with Crippen LogP contribution in [0.2, 0.25) is 0 Å². The van der Waals surface area contributed by atoms with Gasteiger partial charge in [-0.05, 0) is 122 Å². The molecule has 55 heavy (non-hydrogen) atoms. The molecule has 0 saturated carbocycles. The summed E-state index contributed by atoms with van der Waals surface area (Å²) in [6.07, 6.45) is 50.5. The van der Waals surface area contributed by atoms with Crippen molar-refractivity contribution in [2.24, 2.45) is 0 Å². The zero-order valence-corrected chi connectivity index (χ0v) is 36.4. The van der Waals surface area contributed by atoms with Gasteiger partial charge in [0.05, 0.1) is 26.2 Å². The van der Waals surface area contributed by atoms with Crippen molar-refractivity contribution in [2.75, 3.05) is 40.5 Å². The lowest BCUT2D eigenvalue weighted by Gasteiger charge is -2.13. The first-order valence-electron chi connectivity index (χ1n) is 22.8. The first kappa shape index (κ1) is 50.2. The van der Waals surface area contributed by atoms with Gasteiger partial charge in [0.1, 0.15) is 11.5 Å². The molecule has 0 atom stereocenters. The van der Waals surface area contributed by atoms with Gasteiger partial charge in [-0.15, -0.1) is 0 Å². The Morgan fingerprint density at radius 1 is 0.509 bits per heavy atom. The largest absolute Gasteiger partial charge is 0.493 e. The number of carbonyl (C=O) groups excluding carboxylic acids is 1. The fourth-order valence-corrected chi connectivity index (χ4v) is 6.35. The van der Waals surface area contributed by atoms with E-state index in [1.807, 2.05) is 19.0 Å². The minimum Gasteiger partial charge on any atom is -0.493 e. The van der Waals surface area contributed by atoms with E-state index in [1.165, 1.54) is 134 Å².